The van der Waals surface area contributed by atoms with E-state index in [9.17, 15) is 0 Å². The Morgan fingerprint density at radius 2 is 0.914 bits per heavy atom. The first-order chi connectivity index (χ1) is 28.3. The molecule has 278 valence electrons. The zero-order valence-electron chi connectivity index (χ0n) is 33.3. The highest BCUT2D eigenvalue weighted by molar-refractivity contribution is 7.22. The number of rotatable bonds is 6. The van der Waals surface area contributed by atoms with Crippen molar-refractivity contribution in [1.82, 2.24) is 0 Å². The van der Waals surface area contributed by atoms with Crippen LogP contribution < -0.4 is 4.90 Å². The van der Waals surface area contributed by atoms with Gasteiger partial charge in [0.25, 0.3) is 0 Å². The van der Waals surface area contributed by atoms with Gasteiger partial charge >= 0.3 is 0 Å². The van der Waals surface area contributed by atoms with Crippen LogP contribution in [0.4, 0.5) is 17.1 Å². The molecule has 11 rings (SSSR count). The summed E-state index contributed by atoms with van der Waals surface area (Å²) in [7, 11) is 0. The first kappa shape index (κ1) is 34.7. The molecule has 0 saturated heterocycles. The first-order valence-corrected chi connectivity index (χ1v) is 21.2. The molecule has 0 fully saturated rings. The number of fused-ring (bicyclic) bond motifs is 8. The lowest BCUT2D eigenvalue weighted by Gasteiger charge is -2.28. The van der Waals surface area contributed by atoms with Crippen molar-refractivity contribution in [2.45, 2.75) is 38.5 Å². The van der Waals surface area contributed by atoms with Gasteiger partial charge in [0.05, 0.1) is 0 Å². The van der Waals surface area contributed by atoms with Crippen LogP contribution in [-0.2, 0) is 10.8 Å². The molecule has 0 atom stereocenters. The van der Waals surface area contributed by atoms with E-state index in [1.165, 1.54) is 87.3 Å². The van der Waals surface area contributed by atoms with Crippen LogP contribution in [0, 0.1) is 0 Å². The minimum atomic E-state index is -0.0979. The Balaban J connectivity index is 0.988. The Morgan fingerprint density at radius 1 is 0.362 bits per heavy atom. The van der Waals surface area contributed by atoms with E-state index in [1.54, 1.807) is 0 Å². The molecule has 2 aliphatic rings. The lowest BCUT2D eigenvalue weighted by Crippen LogP contribution is -2.16. The summed E-state index contributed by atoms with van der Waals surface area (Å²) in [6.45, 7) is 9.50. The van der Waals surface area contributed by atoms with Crippen molar-refractivity contribution in [3.63, 3.8) is 0 Å². The number of thiophene rings is 1. The second-order valence-corrected chi connectivity index (χ2v) is 18.0. The molecule has 0 spiro atoms. The summed E-state index contributed by atoms with van der Waals surface area (Å²) in [5.74, 6) is 0. The van der Waals surface area contributed by atoms with Crippen molar-refractivity contribution < 1.29 is 0 Å². The molecule has 58 heavy (non-hydrogen) atoms. The van der Waals surface area contributed by atoms with E-state index in [-0.39, 0.29) is 10.8 Å². The van der Waals surface area contributed by atoms with Gasteiger partial charge in [-0.1, -0.05) is 161 Å². The smallest absolute Gasteiger partial charge is 0.0467 e. The van der Waals surface area contributed by atoms with E-state index in [2.05, 4.69) is 221 Å². The van der Waals surface area contributed by atoms with Gasteiger partial charge in [0.15, 0.2) is 0 Å². The second kappa shape index (κ2) is 13.0. The van der Waals surface area contributed by atoms with Gasteiger partial charge in [0.2, 0.25) is 0 Å². The lowest BCUT2D eigenvalue weighted by molar-refractivity contribution is 0.660. The van der Waals surface area contributed by atoms with Crippen molar-refractivity contribution in [1.29, 1.82) is 0 Å². The van der Waals surface area contributed by atoms with Gasteiger partial charge in [-0.3, -0.25) is 0 Å². The molecule has 0 amide bonds. The number of hydrogen-bond donors (Lipinski definition) is 0. The molecule has 1 heterocycles. The van der Waals surface area contributed by atoms with E-state index in [0.717, 1.165) is 17.1 Å². The first-order valence-electron chi connectivity index (χ1n) is 20.3. The molecule has 0 unspecified atom stereocenters. The summed E-state index contributed by atoms with van der Waals surface area (Å²) >= 11 is 1.93. The summed E-state index contributed by atoms with van der Waals surface area (Å²) in [5, 5.41) is 1.39. The zero-order chi connectivity index (χ0) is 39.2. The van der Waals surface area contributed by atoms with E-state index in [0.29, 0.717) is 0 Å². The number of hydrogen-bond acceptors (Lipinski definition) is 2. The maximum Gasteiger partial charge on any atom is 0.0467 e. The SMILES string of the molecule is CC1(C)c2ccccc2-c2ccc(N(c3ccc(-c4ccccc4)cc3)c3cccc(-c4cccc(-c5ccc6c(c5)C(C)(C)c5c-6sc6ccccc56)c4)c3)cc21. The van der Waals surface area contributed by atoms with Gasteiger partial charge < -0.3 is 4.90 Å². The minimum absolute atomic E-state index is 0.0649. The van der Waals surface area contributed by atoms with Crippen LogP contribution in [0.25, 0.3) is 65.0 Å². The van der Waals surface area contributed by atoms with E-state index in [1.807, 2.05) is 11.3 Å². The number of anilines is 3. The Morgan fingerprint density at radius 3 is 1.72 bits per heavy atom. The third kappa shape index (κ3) is 5.36. The van der Waals surface area contributed by atoms with Crippen molar-refractivity contribution in [3.8, 4) is 54.9 Å². The molecule has 0 radical (unpaired) electrons. The maximum atomic E-state index is 2.45. The fraction of sp³-hybridized carbons (Fsp3) is 0.107. The van der Waals surface area contributed by atoms with Crippen molar-refractivity contribution in [2.24, 2.45) is 0 Å². The van der Waals surface area contributed by atoms with Gasteiger partial charge in [-0.2, -0.15) is 0 Å². The molecule has 2 aliphatic carbocycles. The largest absolute Gasteiger partial charge is 0.310 e. The van der Waals surface area contributed by atoms with Crippen LogP contribution in [0.5, 0.6) is 0 Å². The van der Waals surface area contributed by atoms with Crippen LogP contribution >= 0.6 is 11.3 Å². The second-order valence-electron chi connectivity index (χ2n) is 17.0. The van der Waals surface area contributed by atoms with Gasteiger partial charge in [0, 0.05) is 37.5 Å². The summed E-state index contributed by atoms with van der Waals surface area (Å²) in [6, 6.07) is 69.7. The van der Waals surface area contributed by atoms with Gasteiger partial charge in [-0.25, -0.2) is 0 Å². The lowest BCUT2D eigenvalue weighted by atomic mass is 9.80. The van der Waals surface area contributed by atoms with Crippen molar-refractivity contribution >= 4 is 38.5 Å². The standard InChI is InChI=1S/C56H43NS/c1-55(2)49-22-10-8-20-45(49)46-31-29-44(35-51(46)55)57(42-27-24-37(25-28-42)36-14-6-5-7-15-36)43-19-13-18-40(33-43)38-16-12-17-39(32-38)41-26-30-47-50(34-41)56(3,4)53-48-21-9-11-23-52(48)58-54(47)53/h5-35H,1-4H3. The van der Waals surface area contributed by atoms with Crippen LogP contribution in [-0.4, -0.2) is 0 Å². The van der Waals surface area contributed by atoms with Crippen LogP contribution in [0.2, 0.25) is 0 Å². The third-order valence-corrected chi connectivity index (χ3v) is 14.1. The summed E-state index contributed by atoms with van der Waals surface area (Å²) < 4.78 is 1.37. The molecule has 8 aromatic carbocycles. The van der Waals surface area contributed by atoms with Gasteiger partial charge in [0.1, 0.15) is 0 Å². The van der Waals surface area contributed by atoms with Gasteiger partial charge in [-0.15, -0.1) is 11.3 Å². The maximum absolute atomic E-state index is 2.45. The van der Waals surface area contributed by atoms with Gasteiger partial charge in [-0.05, 0) is 132 Å². The number of benzene rings is 8. The summed E-state index contributed by atoms with van der Waals surface area (Å²) in [5.41, 5.74) is 20.2. The third-order valence-electron chi connectivity index (χ3n) is 12.8. The Labute approximate surface area is 345 Å². The fourth-order valence-electron chi connectivity index (χ4n) is 9.84. The topological polar surface area (TPSA) is 3.24 Å². The molecule has 2 heteroatoms. The zero-order valence-corrected chi connectivity index (χ0v) is 34.1. The van der Waals surface area contributed by atoms with Crippen molar-refractivity contribution in [2.75, 3.05) is 4.90 Å². The summed E-state index contributed by atoms with van der Waals surface area (Å²) in [4.78, 5) is 3.85. The molecule has 0 saturated carbocycles. The predicted octanol–water partition coefficient (Wildman–Crippen LogP) is 16.0. The Bertz CT molecular complexity index is 3050. The Kier molecular flexibility index (Phi) is 7.80. The molecule has 0 aliphatic heterocycles. The molecule has 9 aromatic rings. The highest BCUT2D eigenvalue weighted by Gasteiger charge is 2.39. The molecule has 1 nitrogen and oxygen atoms in total. The molecular formula is C56H43NS. The molecule has 1 aromatic heterocycles. The van der Waals surface area contributed by atoms with Crippen molar-refractivity contribution in [3.05, 3.63) is 210 Å². The molecule has 0 bridgehead atoms. The predicted molar refractivity (Wildman–Crippen MR) is 248 cm³/mol. The average Bonchev–Trinajstić information content (AvgIpc) is 3.85. The van der Waals surface area contributed by atoms with E-state index < -0.39 is 0 Å². The number of nitrogens with zero attached hydrogens (tertiary/aromatic N) is 1. The fourth-order valence-corrected chi connectivity index (χ4v) is 11.2. The highest BCUT2D eigenvalue weighted by Crippen LogP contribution is 2.56. The highest BCUT2D eigenvalue weighted by atomic mass is 32.1. The van der Waals surface area contributed by atoms with Crippen LogP contribution in [0.3, 0.4) is 0 Å². The average molecular weight is 762 g/mol. The minimum Gasteiger partial charge on any atom is -0.310 e. The van der Waals surface area contributed by atoms with E-state index in [4.69, 9.17) is 0 Å². The normalized spacial score (nSPS) is 14.1. The van der Waals surface area contributed by atoms with Crippen LogP contribution in [0.1, 0.15) is 49.9 Å². The van der Waals surface area contributed by atoms with Crippen LogP contribution in [0.15, 0.2) is 188 Å². The summed E-state index contributed by atoms with van der Waals surface area (Å²) in [6.07, 6.45) is 0. The molecular weight excluding hydrogens is 719 g/mol. The van der Waals surface area contributed by atoms with E-state index >= 15 is 0 Å². The quantitative estimate of drug-likeness (QED) is 0.163. The Hall–Kier alpha value is -6.48. The monoisotopic (exact) mass is 761 g/mol. The molecule has 0 N–H and O–H groups in total.